The van der Waals surface area contributed by atoms with Crippen molar-refractivity contribution in [1.82, 2.24) is 5.32 Å². The maximum absolute atomic E-state index is 6.08. The molecule has 2 aromatic rings. The minimum atomic E-state index is 0.301. The molecule has 1 N–H and O–H groups in total. The van der Waals surface area contributed by atoms with Gasteiger partial charge in [0.1, 0.15) is 0 Å². The Kier molecular flexibility index (Phi) is 5.46. The molecule has 0 heterocycles. The third kappa shape index (κ3) is 4.32. The van der Waals surface area contributed by atoms with Crippen molar-refractivity contribution < 1.29 is 0 Å². The van der Waals surface area contributed by atoms with Crippen molar-refractivity contribution in [1.29, 1.82) is 0 Å². The Hall–Kier alpha value is -0.350. The van der Waals surface area contributed by atoms with Gasteiger partial charge in [0, 0.05) is 21.5 Å². The van der Waals surface area contributed by atoms with E-state index < -0.39 is 0 Å². The molecular formula is C15H14Br2ClN. The Morgan fingerprint density at radius 2 is 1.79 bits per heavy atom. The van der Waals surface area contributed by atoms with Gasteiger partial charge in [-0.25, -0.2) is 0 Å². The van der Waals surface area contributed by atoms with Crippen LogP contribution in [0.5, 0.6) is 0 Å². The lowest BCUT2D eigenvalue weighted by Gasteiger charge is -2.14. The maximum Gasteiger partial charge on any atom is 0.0551 e. The Morgan fingerprint density at radius 1 is 1.11 bits per heavy atom. The minimum Gasteiger partial charge on any atom is -0.306 e. The average Bonchev–Trinajstić information content (AvgIpc) is 2.40. The Bertz CT molecular complexity index is 555. The molecule has 0 aliphatic heterocycles. The van der Waals surface area contributed by atoms with E-state index in [-0.39, 0.29) is 0 Å². The fourth-order valence-corrected chi connectivity index (χ4v) is 2.50. The molecule has 1 nitrogen and oxygen atoms in total. The summed E-state index contributed by atoms with van der Waals surface area (Å²) in [6.45, 7) is 2.95. The van der Waals surface area contributed by atoms with E-state index in [4.69, 9.17) is 11.6 Å². The van der Waals surface area contributed by atoms with Crippen LogP contribution < -0.4 is 5.32 Å². The molecule has 0 aromatic heterocycles. The zero-order valence-electron chi connectivity index (χ0n) is 10.5. The molecule has 0 saturated carbocycles. The van der Waals surface area contributed by atoms with Gasteiger partial charge in [0.05, 0.1) is 5.02 Å². The monoisotopic (exact) mass is 401 g/mol. The molecule has 0 fully saturated rings. The molecule has 0 amide bonds. The molecule has 2 aromatic carbocycles. The lowest BCUT2D eigenvalue weighted by molar-refractivity contribution is 0.574. The second-order valence-electron chi connectivity index (χ2n) is 4.40. The molecule has 0 saturated heterocycles. The molecule has 0 aliphatic rings. The van der Waals surface area contributed by atoms with Gasteiger partial charge in [-0.15, -0.1) is 0 Å². The molecule has 2 rings (SSSR count). The highest BCUT2D eigenvalue weighted by Gasteiger charge is 2.05. The summed E-state index contributed by atoms with van der Waals surface area (Å²) in [5.41, 5.74) is 2.45. The summed E-state index contributed by atoms with van der Waals surface area (Å²) in [6, 6.07) is 14.7. The van der Waals surface area contributed by atoms with E-state index in [0.717, 1.165) is 20.5 Å². The summed E-state index contributed by atoms with van der Waals surface area (Å²) in [5, 5.41) is 4.24. The van der Waals surface area contributed by atoms with Crippen LogP contribution in [0.1, 0.15) is 24.1 Å². The fourth-order valence-electron chi connectivity index (χ4n) is 1.79. The van der Waals surface area contributed by atoms with Crippen molar-refractivity contribution in [3.8, 4) is 0 Å². The summed E-state index contributed by atoms with van der Waals surface area (Å²) in [7, 11) is 0. The van der Waals surface area contributed by atoms with Crippen molar-refractivity contribution in [2.24, 2.45) is 0 Å². The highest BCUT2D eigenvalue weighted by Crippen LogP contribution is 2.23. The minimum absolute atomic E-state index is 0.301. The molecule has 0 radical (unpaired) electrons. The largest absolute Gasteiger partial charge is 0.306 e. The van der Waals surface area contributed by atoms with E-state index in [1.165, 1.54) is 11.1 Å². The van der Waals surface area contributed by atoms with Crippen molar-refractivity contribution in [2.75, 3.05) is 0 Å². The van der Waals surface area contributed by atoms with Gasteiger partial charge >= 0.3 is 0 Å². The number of hydrogen-bond donors (Lipinski definition) is 1. The fraction of sp³-hybridized carbons (Fsp3) is 0.200. The Balaban J connectivity index is 1.98. The van der Waals surface area contributed by atoms with Gasteiger partial charge in [0.15, 0.2) is 0 Å². The molecule has 4 heteroatoms. The van der Waals surface area contributed by atoms with Crippen molar-refractivity contribution >= 4 is 43.5 Å². The van der Waals surface area contributed by atoms with E-state index in [9.17, 15) is 0 Å². The van der Waals surface area contributed by atoms with Crippen LogP contribution in [0.3, 0.4) is 0 Å². The summed E-state index contributed by atoms with van der Waals surface area (Å²) in [4.78, 5) is 0. The van der Waals surface area contributed by atoms with Crippen LogP contribution >= 0.6 is 43.5 Å². The molecule has 0 spiro atoms. The average molecular weight is 404 g/mol. The lowest BCUT2D eigenvalue weighted by atomic mass is 10.1. The van der Waals surface area contributed by atoms with Crippen LogP contribution in [0, 0.1) is 0 Å². The van der Waals surface area contributed by atoms with Gasteiger partial charge in [-0.1, -0.05) is 45.7 Å². The zero-order valence-corrected chi connectivity index (χ0v) is 14.4. The molecule has 1 atom stereocenters. The second kappa shape index (κ2) is 6.89. The van der Waals surface area contributed by atoms with Gasteiger partial charge < -0.3 is 5.32 Å². The quantitative estimate of drug-likeness (QED) is 0.689. The Labute approximate surface area is 135 Å². The standard InChI is InChI=1S/C15H14Br2ClN/c1-10(12-3-5-13(16)6-4-12)19-9-11-2-7-14(17)15(18)8-11/h2-8,10,19H,9H2,1H3. The predicted molar refractivity (Wildman–Crippen MR) is 88.5 cm³/mol. The van der Waals surface area contributed by atoms with E-state index in [2.05, 4.69) is 74.4 Å². The predicted octanol–water partition coefficient (Wildman–Crippen LogP) is 5.72. The number of halogens is 3. The summed E-state index contributed by atoms with van der Waals surface area (Å²) >= 11 is 12.9. The third-order valence-corrected chi connectivity index (χ3v) is 4.73. The molecule has 0 aliphatic carbocycles. The van der Waals surface area contributed by atoms with Crippen LogP contribution in [0.15, 0.2) is 51.4 Å². The zero-order chi connectivity index (χ0) is 13.8. The molecule has 100 valence electrons. The van der Waals surface area contributed by atoms with Crippen molar-refractivity contribution in [2.45, 2.75) is 19.5 Å². The molecule has 19 heavy (non-hydrogen) atoms. The van der Waals surface area contributed by atoms with Crippen LogP contribution in [0.4, 0.5) is 0 Å². The van der Waals surface area contributed by atoms with Gasteiger partial charge in [-0.05, 0) is 58.2 Å². The second-order valence-corrected chi connectivity index (χ2v) is 6.58. The van der Waals surface area contributed by atoms with Crippen LogP contribution in [-0.4, -0.2) is 0 Å². The normalized spacial score (nSPS) is 12.4. The first-order chi connectivity index (χ1) is 9.06. The molecule has 1 unspecified atom stereocenters. The number of benzene rings is 2. The summed E-state index contributed by atoms with van der Waals surface area (Å²) in [6.07, 6.45) is 0. The number of rotatable bonds is 4. The van der Waals surface area contributed by atoms with Crippen LogP contribution in [0.25, 0.3) is 0 Å². The van der Waals surface area contributed by atoms with Crippen LogP contribution in [-0.2, 0) is 6.54 Å². The first-order valence-corrected chi connectivity index (χ1v) is 7.95. The van der Waals surface area contributed by atoms with Crippen molar-refractivity contribution in [3.05, 3.63) is 67.6 Å². The highest BCUT2D eigenvalue weighted by molar-refractivity contribution is 9.10. The van der Waals surface area contributed by atoms with Gasteiger partial charge in [0.25, 0.3) is 0 Å². The smallest absolute Gasteiger partial charge is 0.0551 e. The molecule has 0 bridgehead atoms. The van der Waals surface area contributed by atoms with Crippen molar-refractivity contribution in [3.63, 3.8) is 0 Å². The Morgan fingerprint density at radius 3 is 2.42 bits per heavy atom. The SMILES string of the molecule is CC(NCc1ccc(Br)c(Cl)c1)c1ccc(Br)cc1. The van der Waals surface area contributed by atoms with E-state index in [1.807, 2.05) is 12.1 Å². The van der Waals surface area contributed by atoms with Gasteiger partial charge in [-0.3, -0.25) is 0 Å². The highest BCUT2D eigenvalue weighted by atomic mass is 79.9. The van der Waals surface area contributed by atoms with Gasteiger partial charge in [0.2, 0.25) is 0 Å². The first kappa shape index (κ1) is 15.0. The summed E-state index contributed by atoms with van der Waals surface area (Å²) < 4.78 is 2.03. The molecular weight excluding hydrogens is 389 g/mol. The topological polar surface area (TPSA) is 12.0 Å². The number of hydrogen-bond acceptors (Lipinski definition) is 1. The third-order valence-electron chi connectivity index (χ3n) is 2.97. The lowest BCUT2D eigenvalue weighted by Crippen LogP contribution is -2.17. The van der Waals surface area contributed by atoms with E-state index in [1.54, 1.807) is 0 Å². The van der Waals surface area contributed by atoms with E-state index >= 15 is 0 Å². The number of nitrogens with one attached hydrogen (secondary N) is 1. The van der Waals surface area contributed by atoms with E-state index in [0.29, 0.717) is 6.04 Å². The van der Waals surface area contributed by atoms with Gasteiger partial charge in [-0.2, -0.15) is 0 Å². The van der Waals surface area contributed by atoms with Crippen LogP contribution in [0.2, 0.25) is 5.02 Å². The maximum atomic E-state index is 6.08. The first-order valence-electron chi connectivity index (χ1n) is 5.99. The summed E-state index contributed by atoms with van der Waals surface area (Å²) in [5.74, 6) is 0.